The summed E-state index contributed by atoms with van der Waals surface area (Å²) in [4.78, 5) is 11.6. The molecule has 0 spiro atoms. The molecule has 0 aliphatic heterocycles. The summed E-state index contributed by atoms with van der Waals surface area (Å²) in [5, 5.41) is 15.8. The normalized spacial score (nSPS) is 9.95. The van der Waals surface area contributed by atoms with Gasteiger partial charge in [0.2, 0.25) is 0 Å². The van der Waals surface area contributed by atoms with Gasteiger partial charge in [-0.2, -0.15) is 10.4 Å². The van der Waals surface area contributed by atoms with Gasteiger partial charge in [0, 0.05) is 7.05 Å². The third-order valence-corrected chi connectivity index (χ3v) is 2.94. The van der Waals surface area contributed by atoms with Crippen LogP contribution in [0.3, 0.4) is 0 Å². The standard InChI is InChI=1S/C14H14N4O/c1-3-10-4-6-11(7-5-10)18-13(8-15)12(9-17-18)14(19)16-2/h4-7,9H,3H2,1-2H3,(H,16,19). The van der Waals surface area contributed by atoms with Crippen LogP contribution < -0.4 is 5.32 Å². The van der Waals surface area contributed by atoms with Crippen LogP contribution in [0, 0.1) is 11.3 Å². The van der Waals surface area contributed by atoms with E-state index in [-0.39, 0.29) is 17.2 Å². The quantitative estimate of drug-likeness (QED) is 0.905. The Morgan fingerprint density at radius 3 is 2.63 bits per heavy atom. The van der Waals surface area contributed by atoms with Crippen LogP contribution in [-0.4, -0.2) is 22.7 Å². The number of nitrogens with one attached hydrogen (secondary N) is 1. The second-order valence-corrected chi connectivity index (χ2v) is 4.03. The van der Waals surface area contributed by atoms with Gasteiger partial charge in [-0.1, -0.05) is 19.1 Å². The van der Waals surface area contributed by atoms with E-state index in [4.69, 9.17) is 0 Å². The summed E-state index contributed by atoms with van der Waals surface area (Å²) in [6.45, 7) is 2.08. The first kappa shape index (κ1) is 12.8. The van der Waals surface area contributed by atoms with Gasteiger partial charge in [-0.05, 0) is 24.1 Å². The van der Waals surface area contributed by atoms with Crippen molar-refractivity contribution >= 4 is 5.91 Å². The Balaban J connectivity index is 2.48. The Bertz CT molecular complexity index is 634. The lowest BCUT2D eigenvalue weighted by Gasteiger charge is -2.04. The van der Waals surface area contributed by atoms with E-state index in [1.165, 1.54) is 23.5 Å². The number of nitrogens with zero attached hydrogens (tertiary/aromatic N) is 3. The summed E-state index contributed by atoms with van der Waals surface area (Å²) < 4.78 is 1.48. The molecule has 19 heavy (non-hydrogen) atoms. The third-order valence-electron chi connectivity index (χ3n) is 2.94. The molecular formula is C14H14N4O. The largest absolute Gasteiger partial charge is 0.355 e. The number of rotatable bonds is 3. The fourth-order valence-electron chi connectivity index (χ4n) is 1.83. The molecular weight excluding hydrogens is 240 g/mol. The van der Waals surface area contributed by atoms with Crippen LogP contribution in [0.1, 0.15) is 28.5 Å². The Morgan fingerprint density at radius 2 is 2.11 bits per heavy atom. The number of hydrogen-bond donors (Lipinski definition) is 1. The van der Waals surface area contributed by atoms with Gasteiger partial charge in [-0.15, -0.1) is 0 Å². The fraction of sp³-hybridized carbons (Fsp3) is 0.214. The van der Waals surface area contributed by atoms with Crippen LogP contribution in [0.25, 0.3) is 5.69 Å². The number of carbonyl (C=O) groups excluding carboxylic acids is 1. The number of aryl methyl sites for hydroxylation is 1. The first-order valence-electron chi connectivity index (χ1n) is 6.00. The van der Waals surface area contributed by atoms with Crippen LogP contribution in [0.2, 0.25) is 0 Å². The summed E-state index contributed by atoms with van der Waals surface area (Å²) in [5.74, 6) is -0.312. The molecule has 0 atom stereocenters. The highest BCUT2D eigenvalue weighted by Crippen LogP contribution is 2.15. The van der Waals surface area contributed by atoms with Crippen molar-refractivity contribution in [2.45, 2.75) is 13.3 Å². The van der Waals surface area contributed by atoms with Crippen molar-refractivity contribution in [2.24, 2.45) is 0 Å². The summed E-state index contributed by atoms with van der Waals surface area (Å²) in [7, 11) is 1.52. The van der Waals surface area contributed by atoms with Gasteiger partial charge < -0.3 is 5.32 Å². The van der Waals surface area contributed by atoms with Crippen molar-refractivity contribution in [1.29, 1.82) is 5.26 Å². The van der Waals surface area contributed by atoms with Gasteiger partial charge in [0.15, 0.2) is 5.69 Å². The Kier molecular flexibility index (Phi) is 3.62. The molecule has 0 aliphatic carbocycles. The monoisotopic (exact) mass is 254 g/mol. The second kappa shape index (κ2) is 5.36. The van der Waals surface area contributed by atoms with Gasteiger partial charge >= 0.3 is 0 Å². The molecule has 96 valence electrons. The third kappa shape index (κ3) is 2.33. The molecule has 1 aromatic carbocycles. The highest BCUT2D eigenvalue weighted by atomic mass is 16.1. The molecule has 5 nitrogen and oxygen atoms in total. The Hall–Kier alpha value is -2.61. The predicted octanol–water partition coefficient (Wildman–Crippen LogP) is 1.67. The molecule has 1 amide bonds. The first-order chi connectivity index (χ1) is 9.21. The second-order valence-electron chi connectivity index (χ2n) is 4.03. The molecule has 1 heterocycles. The highest BCUT2D eigenvalue weighted by molar-refractivity contribution is 5.95. The zero-order chi connectivity index (χ0) is 13.8. The predicted molar refractivity (Wildman–Crippen MR) is 71.0 cm³/mol. The smallest absolute Gasteiger partial charge is 0.255 e. The topological polar surface area (TPSA) is 70.7 Å². The summed E-state index contributed by atoms with van der Waals surface area (Å²) >= 11 is 0. The molecule has 0 fully saturated rings. The number of hydrogen-bond acceptors (Lipinski definition) is 3. The van der Waals surface area contributed by atoms with Gasteiger partial charge in [0.25, 0.3) is 5.91 Å². The molecule has 0 bridgehead atoms. The van der Waals surface area contributed by atoms with Gasteiger partial charge in [-0.3, -0.25) is 4.79 Å². The van der Waals surface area contributed by atoms with Crippen LogP contribution in [0.5, 0.6) is 0 Å². The van der Waals surface area contributed by atoms with Gasteiger partial charge in [0.1, 0.15) is 6.07 Å². The van der Waals surface area contributed by atoms with Crippen LogP contribution in [0.4, 0.5) is 0 Å². The van der Waals surface area contributed by atoms with E-state index in [1.54, 1.807) is 0 Å². The molecule has 0 unspecified atom stereocenters. The number of nitriles is 1. The molecule has 5 heteroatoms. The van der Waals surface area contributed by atoms with E-state index in [2.05, 4.69) is 17.3 Å². The zero-order valence-corrected chi connectivity index (χ0v) is 10.8. The van der Waals surface area contributed by atoms with Crippen molar-refractivity contribution in [3.8, 4) is 11.8 Å². The highest BCUT2D eigenvalue weighted by Gasteiger charge is 2.17. The Labute approximate surface area is 111 Å². The van der Waals surface area contributed by atoms with Crippen LogP contribution in [0.15, 0.2) is 30.5 Å². The van der Waals surface area contributed by atoms with Crippen molar-refractivity contribution in [2.75, 3.05) is 7.05 Å². The minimum atomic E-state index is -0.312. The molecule has 2 rings (SSSR count). The fourth-order valence-corrected chi connectivity index (χ4v) is 1.83. The molecule has 0 saturated carbocycles. The SMILES string of the molecule is CCc1ccc(-n2ncc(C(=O)NC)c2C#N)cc1. The maximum atomic E-state index is 11.6. The number of carbonyl (C=O) groups is 1. The maximum absolute atomic E-state index is 11.6. The van der Waals surface area contributed by atoms with E-state index in [9.17, 15) is 10.1 Å². The maximum Gasteiger partial charge on any atom is 0.255 e. The lowest BCUT2D eigenvalue weighted by molar-refractivity contribution is 0.0963. The van der Waals surface area contributed by atoms with Gasteiger partial charge in [0.05, 0.1) is 17.4 Å². The summed E-state index contributed by atoms with van der Waals surface area (Å²) in [6, 6.07) is 9.77. The molecule has 0 saturated heterocycles. The number of amides is 1. The van der Waals surface area contributed by atoms with Crippen molar-refractivity contribution < 1.29 is 4.79 Å². The Morgan fingerprint density at radius 1 is 1.42 bits per heavy atom. The van der Waals surface area contributed by atoms with Crippen molar-refractivity contribution in [3.63, 3.8) is 0 Å². The molecule has 1 N–H and O–H groups in total. The minimum absolute atomic E-state index is 0.239. The minimum Gasteiger partial charge on any atom is -0.355 e. The van der Waals surface area contributed by atoms with Crippen LogP contribution in [-0.2, 0) is 6.42 Å². The average Bonchev–Trinajstić information content (AvgIpc) is 2.90. The van der Waals surface area contributed by atoms with E-state index in [0.29, 0.717) is 0 Å². The van der Waals surface area contributed by atoms with Crippen LogP contribution >= 0.6 is 0 Å². The van der Waals surface area contributed by atoms with E-state index in [0.717, 1.165) is 12.1 Å². The number of benzene rings is 1. The van der Waals surface area contributed by atoms with Crippen molar-refractivity contribution in [3.05, 3.63) is 47.3 Å². The summed E-state index contributed by atoms with van der Waals surface area (Å²) in [6.07, 6.45) is 2.36. The molecule has 2 aromatic rings. The first-order valence-corrected chi connectivity index (χ1v) is 6.00. The molecule has 0 radical (unpaired) electrons. The van der Waals surface area contributed by atoms with Crippen molar-refractivity contribution in [1.82, 2.24) is 15.1 Å². The lowest BCUT2D eigenvalue weighted by Crippen LogP contribution is -2.18. The van der Waals surface area contributed by atoms with E-state index < -0.39 is 0 Å². The van der Waals surface area contributed by atoms with Gasteiger partial charge in [-0.25, -0.2) is 4.68 Å². The molecule has 0 aliphatic rings. The molecule has 1 aromatic heterocycles. The lowest BCUT2D eigenvalue weighted by atomic mass is 10.1. The summed E-state index contributed by atoms with van der Waals surface area (Å²) in [5.41, 5.74) is 2.50. The van der Waals surface area contributed by atoms with E-state index in [1.807, 2.05) is 30.3 Å². The van der Waals surface area contributed by atoms with E-state index >= 15 is 0 Å². The number of aromatic nitrogens is 2. The average molecular weight is 254 g/mol. The zero-order valence-electron chi connectivity index (χ0n) is 10.8.